The second kappa shape index (κ2) is 4.39. The molecular weight excluding hydrogens is 166 g/mol. The maximum absolute atomic E-state index is 5.91. The third-order valence-corrected chi connectivity index (χ3v) is 2.20. The van der Waals surface area contributed by atoms with Crippen molar-refractivity contribution in [1.29, 1.82) is 0 Å². The van der Waals surface area contributed by atoms with Crippen LogP contribution in [0.1, 0.15) is 12.5 Å². The molecule has 74 valence electrons. The number of methoxy groups -OCH3 is 1. The first-order chi connectivity index (χ1) is 6.13. The van der Waals surface area contributed by atoms with Gasteiger partial charge in [0.05, 0.1) is 12.3 Å². The van der Waals surface area contributed by atoms with Gasteiger partial charge in [-0.1, -0.05) is 0 Å². The van der Waals surface area contributed by atoms with Gasteiger partial charge in [-0.05, 0) is 18.9 Å². The quantitative estimate of drug-likeness (QED) is 0.731. The third kappa shape index (κ3) is 2.82. The minimum absolute atomic E-state index is 0.0363. The normalized spacial score (nSPS) is 15.7. The predicted octanol–water partition coefficient (Wildman–Crippen LogP) is 0.325. The van der Waals surface area contributed by atoms with Crippen molar-refractivity contribution in [3.05, 3.63) is 18.0 Å². The lowest BCUT2D eigenvalue weighted by Gasteiger charge is -2.17. The number of aromatic nitrogens is 2. The Kier molecular flexibility index (Phi) is 3.45. The molecule has 0 amide bonds. The fourth-order valence-electron chi connectivity index (χ4n) is 1.19. The minimum atomic E-state index is 0.0363. The maximum Gasteiger partial charge on any atom is 0.0697 e. The molecule has 0 spiro atoms. The average molecular weight is 183 g/mol. The summed E-state index contributed by atoms with van der Waals surface area (Å²) in [7, 11) is 3.57. The van der Waals surface area contributed by atoms with Crippen molar-refractivity contribution in [3.63, 3.8) is 0 Å². The molecule has 2 atom stereocenters. The van der Waals surface area contributed by atoms with E-state index in [2.05, 4.69) is 5.10 Å². The van der Waals surface area contributed by atoms with Gasteiger partial charge in [0.15, 0.2) is 0 Å². The molecule has 0 saturated carbocycles. The molecule has 13 heavy (non-hydrogen) atoms. The Morgan fingerprint density at radius 2 is 2.38 bits per heavy atom. The Labute approximate surface area is 78.7 Å². The molecule has 4 heteroatoms. The second-order valence-corrected chi connectivity index (χ2v) is 3.33. The zero-order valence-electron chi connectivity index (χ0n) is 8.40. The minimum Gasteiger partial charge on any atom is -0.380 e. The summed E-state index contributed by atoms with van der Waals surface area (Å²) in [4.78, 5) is 0. The highest BCUT2D eigenvalue weighted by Gasteiger charge is 2.12. The van der Waals surface area contributed by atoms with Crippen LogP contribution in [-0.4, -0.2) is 29.0 Å². The van der Waals surface area contributed by atoms with Gasteiger partial charge in [-0.3, -0.25) is 4.68 Å². The molecule has 0 fully saturated rings. The second-order valence-electron chi connectivity index (χ2n) is 3.33. The van der Waals surface area contributed by atoms with E-state index in [9.17, 15) is 0 Å². The van der Waals surface area contributed by atoms with Crippen molar-refractivity contribution in [2.45, 2.75) is 25.5 Å². The van der Waals surface area contributed by atoms with Crippen molar-refractivity contribution >= 4 is 0 Å². The molecule has 2 N–H and O–H groups in total. The summed E-state index contributed by atoms with van der Waals surface area (Å²) < 4.78 is 6.92. The van der Waals surface area contributed by atoms with Gasteiger partial charge in [-0.25, -0.2) is 0 Å². The van der Waals surface area contributed by atoms with Crippen molar-refractivity contribution in [1.82, 2.24) is 9.78 Å². The van der Waals surface area contributed by atoms with Crippen LogP contribution in [0.15, 0.2) is 12.4 Å². The van der Waals surface area contributed by atoms with E-state index in [1.54, 1.807) is 11.8 Å². The molecule has 0 aliphatic carbocycles. The van der Waals surface area contributed by atoms with Crippen LogP contribution in [0.5, 0.6) is 0 Å². The van der Waals surface area contributed by atoms with Crippen LogP contribution in [0.2, 0.25) is 0 Å². The molecule has 1 heterocycles. The maximum atomic E-state index is 5.91. The molecule has 0 aliphatic heterocycles. The van der Waals surface area contributed by atoms with Gasteiger partial charge in [0, 0.05) is 26.4 Å². The fraction of sp³-hybridized carbons (Fsp3) is 0.667. The molecule has 0 aliphatic rings. The van der Waals surface area contributed by atoms with E-state index in [0.717, 1.165) is 12.0 Å². The van der Waals surface area contributed by atoms with E-state index in [0.29, 0.717) is 0 Å². The lowest BCUT2D eigenvalue weighted by Crippen LogP contribution is -2.35. The highest BCUT2D eigenvalue weighted by Crippen LogP contribution is 2.04. The van der Waals surface area contributed by atoms with Crippen LogP contribution in [-0.2, 0) is 18.2 Å². The van der Waals surface area contributed by atoms with Crippen molar-refractivity contribution in [3.8, 4) is 0 Å². The molecule has 1 aromatic rings. The third-order valence-electron chi connectivity index (χ3n) is 2.20. The summed E-state index contributed by atoms with van der Waals surface area (Å²) in [6.07, 6.45) is 4.70. The summed E-state index contributed by atoms with van der Waals surface area (Å²) in [5.41, 5.74) is 7.06. The van der Waals surface area contributed by atoms with Crippen molar-refractivity contribution in [2.24, 2.45) is 12.8 Å². The van der Waals surface area contributed by atoms with Crippen LogP contribution in [0.4, 0.5) is 0 Å². The summed E-state index contributed by atoms with van der Waals surface area (Å²) in [5, 5.41) is 4.08. The zero-order chi connectivity index (χ0) is 9.84. The number of aryl methyl sites for hydroxylation is 1. The Morgan fingerprint density at radius 1 is 1.69 bits per heavy atom. The molecule has 1 aromatic heterocycles. The van der Waals surface area contributed by atoms with Gasteiger partial charge in [0.2, 0.25) is 0 Å². The standard InChI is InChI=1S/C9H17N3O/c1-7(13-3)9(10)4-8-5-11-12(2)6-8/h5-7,9H,4,10H2,1-3H3. The van der Waals surface area contributed by atoms with Gasteiger partial charge in [-0.2, -0.15) is 5.10 Å². The molecule has 1 rings (SSSR count). The predicted molar refractivity (Wildman–Crippen MR) is 51.4 cm³/mol. The molecule has 0 radical (unpaired) electrons. The van der Waals surface area contributed by atoms with Gasteiger partial charge >= 0.3 is 0 Å². The van der Waals surface area contributed by atoms with Gasteiger partial charge in [0.1, 0.15) is 0 Å². The Hall–Kier alpha value is -0.870. The Morgan fingerprint density at radius 3 is 2.85 bits per heavy atom. The smallest absolute Gasteiger partial charge is 0.0697 e. The van der Waals surface area contributed by atoms with E-state index < -0.39 is 0 Å². The van der Waals surface area contributed by atoms with Crippen molar-refractivity contribution in [2.75, 3.05) is 7.11 Å². The van der Waals surface area contributed by atoms with Crippen molar-refractivity contribution < 1.29 is 4.74 Å². The highest BCUT2D eigenvalue weighted by atomic mass is 16.5. The van der Waals surface area contributed by atoms with Crippen LogP contribution in [0.25, 0.3) is 0 Å². The topological polar surface area (TPSA) is 53.1 Å². The van der Waals surface area contributed by atoms with E-state index in [4.69, 9.17) is 10.5 Å². The van der Waals surface area contributed by atoms with Crippen LogP contribution < -0.4 is 5.73 Å². The first-order valence-electron chi connectivity index (χ1n) is 4.39. The summed E-state index contributed by atoms with van der Waals surface area (Å²) >= 11 is 0. The number of hydrogen-bond acceptors (Lipinski definition) is 3. The molecular formula is C9H17N3O. The fourth-order valence-corrected chi connectivity index (χ4v) is 1.19. The van der Waals surface area contributed by atoms with Gasteiger partial charge < -0.3 is 10.5 Å². The number of ether oxygens (including phenoxy) is 1. The summed E-state index contributed by atoms with van der Waals surface area (Å²) in [6, 6.07) is 0.0363. The van der Waals surface area contributed by atoms with Gasteiger partial charge in [-0.15, -0.1) is 0 Å². The van der Waals surface area contributed by atoms with Crippen LogP contribution >= 0.6 is 0 Å². The highest BCUT2D eigenvalue weighted by molar-refractivity contribution is 5.06. The zero-order valence-corrected chi connectivity index (χ0v) is 8.40. The Balaban J connectivity index is 2.49. The van der Waals surface area contributed by atoms with Crippen LogP contribution in [0.3, 0.4) is 0 Å². The average Bonchev–Trinajstić information content (AvgIpc) is 2.49. The molecule has 2 unspecified atom stereocenters. The largest absolute Gasteiger partial charge is 0.380 e. The Bertz CT molecular complexity index is 259. The molecule has 4 nitrogen and oxygen atoms in total. The first kappa shape index (κ1) is 10.2. The summed E-state index contributed by atoms with van der Waals surface area (Å²) in [6.45, 7) is 1.97. The molecule has 0 aromatic carbocycles. The van der Waals surface area contributed by atoms with Crippen LogP contribution in [0, 0.1) is 0 Å². The molecule has 0 saturated heterocycles. The number of nitrogens with zero attached hydrogens (tertiary/aromatic N) is 2. The number of nitrogens with two attached hydrogens (primary N) is 1. The lowest BCUT2D eigenvalue weighted by atomic mass is 10.1. The SMILES string of the molecule is COC(C)C(N)Cc1cnn(C)c1. The van der Waals surface area contributed by atoms with E-state index in [1.807, 2.05) is 26.4 Å². The molecule has 0 bridgehead atoms. The first-order valence-corrected chi connectivity index (χ1v) is 4.39. The van der Waals surface area contributed by atoms with E-state index in [1.165, 1.54) is 0 Å². The lowest BCUT2D eigenvalue weighted by molar-refractivity contribution is 0.0956. The van der Waals surface area contributed by atoms with E-state index >= 15 is 0 Å². The monoisotopic (exact) mass is 183 g/mol. The number of hydrogen-bond donors (Lipinski definition) is 1. The van der Waals surface area contributed by atoms with Gasteiger partial charge in [0.25, 0.3) is 0 Å². The summed E-state index contributed by atoms with van der Waals surface area (Å²) in [5.74, 6) is 0. The number of rotatable bonds is 4. The van der Waals surface area contributed by atoms with E-state index in [-0.39, 0.29) is 12.1 Å².